The van der Waals surface area contributed by atoms with Crippen LogP contribution < -0.4 is 16.8 Å². The Kier molecular flexibility index (Phi) is 6.95. The number of nitrogens with one attached hydrogen (secondary N) is 1. The Morgan fingerprint density at radius 3 is 2.54 bits per heavy atom. The van der Waals surface area contributed by atoms with Crippen molar-refractivity contribution in [3.05, 3.63) is 11.8 Å². The number of amides is 1. The maximum Gasteiger partial charge on any atom is 0.370 e. The smallest absolute Gasteiger partial charge is 0.370 e. The second kappa shape index (κ2) is 8.47. The minimum absolute atomic E-state index is 0.325. The first-order chi connectivity index (χ1) is 11.2. The summed E-state index contributed by atoms with van der Waals surface area (Å²) in [5.74, 6) is -2.63. The van der Waals surface area contributed by atoms with Gasteiger partial charge in [0.15, 0.2) is 12.1 Å². The Morgan fingerprint density at radius 1 is 1.50 bits per heavy atom. The SMILES string of the molecule is COC(C1OC(C(=O)O)=CC(N=C(N)N)C1NC(C)=O)[C@H](O)CO. The summed E-state index contributed by atoms with van der Waals surface area (Å²) in [6.07, 6.45) is -2.56. The van der Waals surface area contributed by atoms with E-state index in [-0.39, 0.29) is 5.96 Å². The van der Waals surface area contributed by atoms with Crippen LogP contribution in [0, 0.1) is 0 Å². The van der Waals surface area contributed by atoms with Gasteiger partial charge in [0.05, 0.1) is 18.7 Å². The molecule has 0 saturated carbocycles. The number of nitrogens with zero attached hydrogens (tertiary/aromatic N) is 1. The number of hydrogen-bond acceptors (Lipinski definition) is 7. The number of aliphatic hydroxyl groups excluding tert-OH is 2. The van der Waals surface area contributed by atoms with E-state index in [1.54, 1.807) is 0 Å². The molecule has 1 rings (SSSR count). The molecule has 0 aromatic carbocycles. The van der Waals surface area contributed by atoms with Gasteiger partial charge in [0, 0.05) is 14.0 Å². The summed E-state index contributed by atoms with van der Waals surface area (Å²) in [6.45, 7) is 0.578. The largest absolute Gasteiger partial charge is 0.478 e. The number of carbonyl (C=O) groups is 2. The van der Waals surface area contributed by atoms with Crippen molar-refractivity contribution in [1.29, 1.82) is 0 Å². The second-order valence-corrected chi connectivity index (χ2v) is 5.14. The van der Waals surface area contributed by atoms with Gasteiger partial charge < -0.3 is 41.6 Å². The van der Waals surface area contributed by atoms with Crippen LogP contribution in [0.15, 0.2) is 16.8 Å². The normalized spacial score (nSPS) is 25.7. The summed E-state index contributed by atoms with van der Waals surface area (Å²) in [5.41, 5.74) is 10.7. The Morgan fingerprint density at radius 2 is 2.12 bits per heavy atom. The molecule has 0 radical (unpaired) electrons. The van der Waals surface area contributed by atoms with Gasteiger partial charge >= 0.3 is 5.97 Å². The van der Waals surface area contributed by atoms with E-state index in [0.29, 0.717) is 0 Å². The predicted molar refractivity (Wildman–Crippen MR) is 81.7 cm³/mol. The fourth-order valence-electron chi connectivity index (χ4n) is 2.41. The van der Waals surface area contributed by atoms with E-state index in [4.69, 9.17) is 26.0 Å². The van der Waals surface area contributed by atoms with Gasteiger partial charge in [0.25, 0.3) is 0 Å². The number of methoxy groups -OCH3 is 1. The Labute approximate surface area is 137 Å². The highest BCUT2D eigenvalue weighted by molar-refractivity contribution is 5.85. The molecular formula is C13H22N4O7. The number of rotatable bonds is 7. The van der Waals surface area contributed by atoms with E-state index < -0.39 is 54.6 Å². The maximum atomic E-state index is 11.5. The van der Waals surface area contributed by atoms with Gasteiger partial charge in [-0.3, -0.25) is 4.79 Å². The van der Waals surface area contributed by atoms with Gasteiger partial charge in [0.2, 0.25) is 11.7 Å². The van der Waals surface area contributed by atoms with Crippen LogP contribution in [0.2, 0.25) is 0 Å². The fourth-order valence-corrected chi connectivity index (χ4v) is 2.41. The summed E-state index contributed by atoms with van der Waals surface area (Å²) in [4.78, 5) is 26.6. The molecule has 11 heteroatoms. The molecule has 0 spiro atoms. The number of hydrogen-bond donors (Lipinski definition) is 6. The van der Waals surface area contributed by atoms with Crippen LogP contribution in [0.1, 0.15) is 6.92 Å². The van der Waals surface area contributed by atoms with Crippen molar-refractivity contribution in [2.24, 2.45) is 16.5 Å². The third kappa shape index (κ3) is 4.81. The number of carboxylic acid groups (broad SMARTS) is 1. The molecule has 24 heavy (non-hydrogen) atoms. The molecule has 4 unspecified atom stereocenters. The molecule has 0 aromatic rings. The Bertz CT molecular complexity index is 532. The van der Waals surface area contributed by atoms with Crippen LogP contribution in [0.4, 0.5) is 0 Å². The highest BCUT2D eigenvalue weighted by Crippen LogP contribution is 2.26. The summed E-state index contributed by atoms with van der Waals surface area (Å²) < 4.78 is 10.5. The van der Waals surface area contributed by atoms with Crippen molar-refractivity contribution >= 4 is 17.8 Å². The average Bonchev–Trinajstić information content (AvgIpc) is 2.49. The zero-order chi connectivity index (χ0) is 18.4. The molecule has 11 nitrogen and oxygen atoms in total. The van der Waals surface area contributed by atoms with Gasteiger partial charge in [-0.15, -0.1) is 0 Å². The monoisotopic (exact) mass is 346 g/mol. The molecule has 1 heterocycles. The van der Waals surface area contributed by atoms with Gasteiger partial charge in [-0.25, -0.2) is 9.79 Å². The molecule has 136 valence electrons. The van der Waals surface area contributed by atoms with E-state index in [2.05, 4.69) is 10.3 Å². The molecule has 0 aromatic heterocycles. The molecule has 5 atom stereocenters. The molecule has 1 amide bonds. The first-order valence-corrected chi connectivity index (χ1v) is 7.00. The summed E-state index contributed by atoms with van der Waals surface area (Å²) in [5, 5.41) is 30.8. The van der Waals surface area contributed by atoms with E-state index in [9.17, 15) is 19.8 Å². The number of aliphatic imine (C=N–C) groups is 1. The predicted octanol–water partition coefficient (Wildman–Crippen LogP) is -3.13. The first-order valence-electron chi connectivity index (χ1n) is 7.00. The van der Waals surface area contributed by atoms with Crippen LogP contribution in [0.25, 0.3) is 0 Å². The van der Waals surface area contributed by atoms with Crippen molar-refractivity contribution < 1.29 is 34.4 Å². The van der Waals surface area contributed by atoms with Crippen molar-refractivity contribution in [3.8, 4) is 0 Å². The van der Waals surface area contributed by atoms with Gasteiger partial charge in [-0.2, -0.15) is 0 Å². The maximum absolute atomic E-state index is 11.5. The van der Waals surface area contributed by atoms with Crippen molar-refractivity contribution in [2.45, 2.75) is 37.3 Å². The van der Waals surface area contributed by atoms with Crippen LogP contribution in [-0.2, 0) is 19.1 Å². The summed E-state index contributed by atoms with van der Waals surface area (Å²) in [7, 11) is 1.24. The lowest BCUT2D eigenvalue weighted by molar-refractivity contribution is -0.149. The number of ether oxygens (including phenoxy) is 2. The van der Waals surface area contributed by atoms with Crippen molar-refractivity contribution in [3.63, 3.8) is 0 Å². The van der Waals surface area contributed by atoms with Crippen molar-refractivity contribution in [1.82, 2.24) is 5.32 Å². The number of guanidine groups is 1. The number of aliphatic carboxylic acids is 1. The van der Waals surface area contributed by atoms with Crippen LogP contribution in [-0.4, -0.2) is 77.3 Å². The Hall–Kier alpha value is -2.37. The van der Waals surface area contributed by atoms with E-state index >= 15 is 0 Å². The van der Waals surface area contributed by atoms with E-state index in [1.807, 2.05) is 0 Å². The molecule has 8 N–H and O–H groups in total. The number of aliphatic hydroxyl groups is 2. The minimum Gasteiger partial charge on any atom is -0.478 e. The third-order valence-corrected chi connectivity index (χ3v) is 3.35. The fraction of sp³-hybridized carbons (Fsp3) is 0.615. The molecule has 1 aliphatic heterocycles. The van der Waals surface area contributed by atoms with Crippen LogP contribution in [0.5, 0.6) is 0 Å². The van der Waals surface area contributed by atoms with Crippen LogP contribution in [0.3, 0.4) is 0 Å². The van der Waals surface area contributed by atoms with Gasteiger partial charge in [-0.1, -0.05) is 0 Å². The van der Waals surface area contributed by atoms with Gasteiger partial charge in [-0.05, 0) is 6.08 Å². The standard InChI is InChI=1S/C13H22N4O7/c1-5(19)16-9-6(17-13(14)15)3-8(12(21)22)24-11(9)10(23-2)7(20)4-18/h3,6-7,9-11,18,20H,4H2,1-2H3,(H,16,19)(H,21,22)(H4,14,15,17)/t6?,7-,9?,10?,11?/m1/s1. The quantitative estimate of drug-likeness (QED) is 0.204. The molecule has 0 aliphatic carbocycles. The molecule has 0 saturated heterocycles. The topological polar surface area (TPSA) is 190 Å². The molecule has 0 fully saturated rings. The number of carboxylic acids is 1. The lowest BCUT2D eigenvalue weighted by Crippen LogP contribution is -2.60. The average molecular weight is 346 g/mol. The lowest BCUT2D eigenvalue weighted by atomic mass is 9.92. The van der Waals surface area contributed by atoms with E-state index in [0.717, 1.165) is 6.08 Å². The molecular weight excluding hydrogens is 324 g/mol. The third-order valence-electron chi connectivity index (χ3n) is 3.35. The highest BCUT2D eigenvalue weighted by Gasteiger charge is 2.44. The summed E-state index contributed by atoms with van der Waals surface area (Å²) >= 11 is 0. The minimum atomic E-state index is -1.38. The second-order valence-electron chi connectivity index (χ2n) is 5.14. The van der Waals surface area contributed by atoms with Crippen LogP contribution >= 0.6 is 0 Å². The lowest BCUT2D eigenvalue weighted by Gasteiger charge is -2.39. The zero-order valence-corrected chi connectivity index (χ0v) is 13.2. The zero-order valence-electron chi connectivity index (χ0n) is 13.2. The highest BCUT2D eigenvalue weighted by atomic mass is 16.6. The molecule has 0 bridgehead atoms. The molecule has 1 aliphatic rings. The number of nitrogens with two attached hydrogens (primary N) is 2. The number of carbonyl (C=O) groups excluding carboxylic acids is 1. The van der Waals surface area contributed by atoms with Crippen molar-refractivity contribution in [2.75, 3.05) is 13.7 Å². The summed E-state index contributed by atoms with van der Waals surface area (Å²) in [6, 6.07) is -1.90. The first kappa shape index (κ1) is 19.7. The Balaban J connectivity index is 3.34. The van der Waals surface area contributed by atoms with Gasteiger partial charge in [0.1, 0.15) is 12.2 Å². The van der Waals surface area contributed by atoms with E-state index in [1.165, 1.54) is 14.0 Å².